The van der Waals surface area contributed by atoms with E-state index in [-0.39, 0.29) is 5.75 Å². The largest absolute Gasteiger partial charge is 0.504 e. The molecule has 0 heterocycles. The number of hydrogen-bond donors (Lipinski definition) is 1. The monoisotopic (exact) mass is 264 g/mol. The number of phenolic OH excluding ortho intramolecular Hbond substituents is 1. The third kappa shape index (κ3) is 6.00. The van der Waals surface area contributed by atoms with Gasteiger partial charge in [0.15, 0.2) is 11.5 Å². The molecule has 1 aromatic carbocycles. The van der Waals surface area contributed by atoms with Gasteiger partial charge >= 0.3 is 0 Å². The molecule has 0 aliphatic heterocycles. The Morgan fingerprint density at radius 1 is 0.947 bits per heavy atom. The van der Waals surface area contributed by atoms with Gasteiger partial charge in [-0.3, -0.25) is 0 Å². The predicted octanol–water partition coefficient (Wildman–Crippen LogP) is 5.08. The van der Waals surface area contributed by atoms with E-state index in [0.29, 0.717) is 12.4 Å². The number of phenols is 1. The first-order valence-corrected chi connectivity index (χ1v) is 7.73. The Morgan fingerprint density at radius 3 is 2.32 bits per heavy atom. The van der Waals surface area contributed by atoms with E-state index in [4.69, 9.17) is 4.74 Å². The fourth-order valence-electron chi connectivity index (χ4n) is 2.35. The maximum atomic E-state index is 9.80. The van der Waals surface area contributed by atoms with Gasteiger partial charge in [0.25, 0.3) is 0 Å². The molecule has 0 unspecified atom stereocenters. The maximum absolute atomic E-state index is 9.80. The van der Waals surface area contributed by atoms with Crippen molar-refractivity contribution < 1.29 is 9.84 Å². The number of benzene rings is 1. The quantitative estimate of drug-likeness (QED) is 0.597. The van der Waals surface area contributed by atoms with E-state index in [0.717, 1.165) is 12.0 Å². The number of rotatable bonds is 10. The molecule has 2 heteroatoms. The molecule has 108 valence electrons. The standard InChI is InChI=1S/C17H28O2/c1-3-5-6-7-8-9-10-12-15-13-11-14-16(18)17(15)19-4-2/h11,13-14,18H,3-10,12H2,1-2H3. The van der Waals surface area contributed by atoms with Gasteiger partial charge in [0.2, 0.25) is 0 Å². The Hall–Kier alpha value is -1.18. The minimum absolute atomic E-state index is 0.266. The third-order valence-electron chi connectivity index (χ3n) is 3.41. The summed E-state index contributed by atoms with van der Waals surface area (Å²) in [6, 6.07) is 5.65. The summed E-state index contributed by atoms with van der Waals surface area (Å²) in [6.45, 7) is 4.79. The SMILES string of the molecule is CCCCCCCCCc1cccc(O)c1OCC. The summed E-state index contributed by atoms with van der Waals surface area (Å²) < 4.78 is 5.53. The van der Waals surface area contributed by atoms with Gasteiger partial charge in [0, 0.05) is 0 Å². The van der Waals surface area contributed by atoms with Gasteiger partial charge in [-0.05, 0) is 31.4 Å². The van der Waals surface area contributed by atoms with Crippen LogP contribution < -0.4 is 4.74 Å². The molecule has 0 aliphatic carbocycles. The first-order chi connectivity index (χ1) is 9.29. The Labute approximate surface area is 117 Å². The molecule has 1 aromatic rings. The van der Waals surface area contributed by atoms with Crippen LogP contribution in [0.2, 0.25) is 0 Å². The van der Waals surface area contributed by atoms with Crippen LogP contribution >= 0.6 is 0 Å². The highest BCUT2D eigenvalue weighted by Crippen LogP contribution is 2.31. The zero-order valence-electron chi connectivity index (χ0n) is 12.5. The van der Waals surface area contributed by atoms with Crippen LogP contribution in [-0.4, -0.2) is 11.7 Å². The number of aromatic hydroxyl groups is 1. The molecule has 2 nitrogen and oxygen atoms in total. The Morgan fingerprint density at radius 2 is 1.63 bits per heavy atom. The molecule has 0 bridgehead atoms. The lowest BCUT2D eigenvalue weighted by molar-refractivity contribution is 0.314. The van der Waals surface area contributed by atoms with Gasteiger partial charge in [0.1, 0.15) is 0 Å². The molecule has 1 N–H and O–H groups in total. The first-order valence-electron chi connectivity index (χ1n) is 7.73. The van der Waals surface area contributed by atoms with Crippen molar-refractivity contribution in [2.45, 2.75) is 65.2 Å². The van der Waals surface area contributed by atoms with Gasteiger partial charge in [-0.15, -0.1) is 0 Å². The molecule has 19 heavy (non-hydrogen) atoms. The number of ether oxygens (including phenoxy) is 1. The summed E-state index contributed by atoms with van der Waals surface area (Å²) in [5, 5.41) is 9.80. The predicted molar refractivity (Wildman–Crippen MR) is 81.0 cm³/mol. The highest BCUT2D eigenvalue weighted by Gasteiger charge is 2.07. The van der Waals surface area contributed by atoms with Crippen LogP contribution in [0.4, 0.5) is 0 Å². The van der Waals surface area contributed by atoms with Crippen LogP contribution in [0.1, 0.15) is 64.4 Å². The van der Waals surface area contributed by atoms with Crippen LogP contribution in [0.3, 0.4) is 0 Å². The molecule has 0 aromatic heterocycles. The minimum Gasteiger partial charge on any atom is -0.504 e. The molecular formula is C17H28O2. The van der Waals surface area contributed by atoms with Gasteiger partial charge in [-0.1, -0.05) is 57.6 Å². The Bertz CT molecular complexity index is 347. The highest BCUT2D eigenvalue weighted by atomic mass is 16.5. The zero-order chi connectivity index (χ0) is 13.9. The summed E-state index contributed by atoms with van der Waals surface area (Å²) in [4.78, 5) is 0. The molecule has 0 atom stereocenters. The molecule has 0 saturated carbocycles. The lowest BCUT2D eigenvalue weighted by Gasteiger charge is -2.11. The fraction of sp³-hybridized carbons (Fsp3) is 0.647. The van der Waals surface area contributed by atoms with Crippen LogP contribution in [0.25, 0.3) is 0 Å². The van der Waals surface area contributed by atoms with E-state index in [1.165, 1.54) is 44.9 Å². The van der Waals surface area contributed by atoms with E-state index in [2.05, 4.69) is 13.0 Å². The van der Waals surface area contributed by atoms with Crippen LogP contribution in [0.5, 0.6) is 11.5 Å². The molecule has 0 fully saturated rings. The average Bonchev–Trinajstić information content (AvgIpc) is 2.41. The van der Waals surface area contributed by atoms with Crippen molar-refractivity contribution in [1.29, 1.82) is 0 Å². The van der Waals surface area contributed by atoms with Gasteiger partial charge in [0.05, 0.1) is 6.61 Å². The van der Waals surface area contributed by atoms with Crippen molar-refractivity contribution in [2.75, 3.05) is 6.61 Å². The summed E-state index contributed by atoms with van der Waals surface area (Å²) in [5.41, 5.74) is 1.13. The normalized spacial score (nSPS) is 10.6. The lowest BCUT2D eigenvalue weighted by atomic mass is 10.0. The first kappa shape index (κ1) is 15.9. The molecule has 0 radical (unpaired) electrons. The van der Waals surface area contributed by atoms with E-state index in [1.807, 2.05) is 13.0 Å². The Balaban J connectivity index is 2.30. The summed E-state index contributed by atoms with van der Waals surface area (Å²) in [6.07, 6.45) is 10.2. The van der Waals surface area contributed by atoms with E-state index in [9.17, 15) is 5.11 Å². The molecular weight excluding hydrogens is 236 g/mol. The fourth-order valence-corrected chi connectivity index (χ4v) is 2.35. The maximum Gasteiger partial charge on any atom is 0.164 e. The molecule has 0 aliphatic rings. The summed E-state index contributed by atoms with van der Waals surface area (Å²) in [7, 11) is 0. The third-order valence-corrected chi connectivity index (χ3v) is 3.41. The number of para-hydroxylation sites is 1. The second kappa shape index (κ2) is 9.71. The number of hydrogen-bond acceptors (Lipinski definition) is 2. The van der Waals surface area contributed by atoms with Gasteiger partial charge in [-0.25, -0.2) is 0 Å². The van der Waals surface area contributed by atoms with Crippen molar-refractivity contribution in [3.8, 4) is 11.5 Å². The van der Waals surface area contributed by atoms with Gasteiger partial charge < -0.3 is 9.84 Å². The topological polar surface area (TPSA) is 29.5 Å². The van der Waals surface area contributed by atoms with Crippen molar-refractivity contribution in [2.24, 2.45) is 0 Å². The van der Waals surface area contributed by atoms with E-state index in [1.54, 1.807) is 6.07 Å². The minimum atomic E-state index is 0.266. The summed E-state index contributed by atoms with van der Waals surface area (Å²) in [5.74, 6) is 0.943. The number of unbranched alkanes of at least 4 members (excludes halogenated alkanes) is 6. The van der Waals surface area contributed by atoms with Gasteiger partial charge in [-0.2, -0.15) is 0 Å². The molecule has 0 spiro atoms. The van der Waals surface area contributed by atoms with Crippen LogP contribution in [0, 0.1) is 0 Å². The van der Waals surface area contributed by atoms with E-state index < -0.39 is 0 Å². The second-order valence-electron chi connectivity index (χ2n) is 5.07. The molecule has 0 saturated heterocycles. The average molecular weight is 264 g/mol. The highest BCUT2D eigenvalue weighted by molar-refractivity contribution is 5.45. The van der Waals surface area contributed by atoms with Crippen LogP contribution in [-0.2, 0) is 6.42 Å². The van der Waals surface area contributed by atoms with Crippen molar-refractivity contribution >= 4 is 0 Å². The smallest absolute Gasteiger partial charge is 0.164 e. The molecule has 1 rings (SSSR count). The lowest BCUT2D eigenvalue weighted by Crippen LogP contribution is -1.97. The van der Waals surface area contributed by atoms with Crippen molar-refractivity contribution in [1.82, 2.24) is 0 Å². The molecule has 0 amide bonds. The van der Waals surface area contributed by atoms with E-state index >= 15 is 0 Å². The van der Waals surface area contributed by atoms with Crippen molar-refractivity contribution in [3.63, 3.8) is 0 Å². The second-order valence-corrected chi connectivity index (χ2v) is 5.07. The Kier molecular flexibility index (Phi) is 8.11. The van der Waals surface area contributed by atoms with Crippen molar-refractivity contribution in [3.05, 3.63) is 23.8 Å². The summed E-state index contributed by atoms with van der Waals surface area (Å²) >= 11 is 0. The number of aryl methyl sites for hydroxylation is 1. The zero-order valence-corrected chi connectivity index (χ0v) is 12.5. The van der Waals surface area contributed by atoms with Crippen LogP contribution in [0.15, 0.2) is 18.2 Å².